The van der Waals surface area contributed by atoms with E-state index in [1.807, 2.05) is 0 Å². The van der Waals surface area contributed by atoms with Gasteiger partial charge >= 0.3 is 6.18 Å². The molecule has 1 aliphatic rings. The van der Waals surface area contributed by atoms with Gasteiger partial charge in [0.05, 0.1) is 12.1 Å². The van der Waals surface area contributed by atoms with Crippen molar-refractivity contribution >= 4 is 0 Å². The van der Waals surface area contributed by atoms with Crippen LogP contribution in [0.2, 0.25) is 0 Å². The first-order chi connectivity index (χ1) is 11.5. The molecule has 1 saturated carbocycles. The summed E-state index contributed by atoms with van der Waals surface area (Å²) in [6.07, 6.45) is -0.828. The van der Waals surface area contributed by atoms with E-state index in [0.29, 0.717) is 18.0 Å². The smallest absolute Gasteiger partial charge is 0.338 e. The van der Waals surface area contributed by atoms with Crippen LogP contribution in [0.3, 0.4) is 0 Å². The number of nitrogens with zero attached hydrogens (tertiary/aromatic N) is 3. The largest absolute Gasteiger partial charge is 0.416 e. The molecule has 3 rings (SSSR count). The van der Waals surface area contributed by atoms with Crippen molar-refractivity contribution < 1.29 is 17.7 Å². The summed E-state index contributed by atoms with van der Waals surface area (Å²) < 4.78 is 43.6. The minimum absolute atomic E-state index is 0.193. The predicted molar refractivity (Wildman–Crippen MR) is 83.0 cm³/mol. The third-order valence-corrected chi connectivity index (χ3v) is 4.03. The minimum atomic E-state index is -4.38. The molecule has 0 amide bonds. The van der Waals surface area contributed by atoms with Crippen LogP contribution >= 0.6 is 0 Å². The molecule has 0 atom stereocenters. The van der Waals surface area contributed by atoms with E-state index in [-0.39, 0.29) is 5.82 Å². The van der Waals surface area contributed by atoms with Gasteiger partial charge < -0.3 is 4.52 Å². The quantitative estimate of drug-likeness (QED) is 0.751. The van der Waals surface area contributed by atoms with E-state index in [9.17, 15) is 13.2 Å². The topological polar surface area (TPSA) is 42.2 Å². The molecule has 24 heavy (non-hydrogen) atoms. The molecule has 1 heterocycles. The summed E-state index contributed by atoms with van der Waals surface area (Å²) >= 11 is 0. The highest BCUT2D eigenvalue weighted by Crippen LogP contribution is 2.32. The maximum atomic E-state index is 12.8. The molecule has 1 aromatic carbocycles. The summed E-state index contributed by atoms with van der Waals surface area (Å²) in [4.78, 5) is 6.53. The fourth-order valence-corrected chi connectivity index (χ4v) is 2.68. The molecule has 4 nitrogen and oxygen atoms in total. The lowest BCUT2D eigenvalue weighted by molar-refractivity contribution is -0.137. The summed E-state index contributed by atoms with van der Waals surface area (Å²) in [6, 6.07) is 4.98. The SMILES string of the molecule is CCCN(Cc1nc(-c2cccc(C(F)(F)F)c2)no1)CC1CC1. The van der Waals surface area contributed by atoms with Crippen LogP contribution in [-0.2, 0) is 12.7 Å². The zero-order chi connectivity index (χ0) is 17.2. The number of halogens is 3. The second-order valence-electron chi connectivity index (χ2n) is 6.27. The molecule has 1 aromatic heterocycles. The molecule has 0 bridgehead atoms. The number of aromatic nitrogens is 2. The summed E-state index contributed by atoms with van der Waals surface area (Å²) in [5.41, 5.74) is -0.406. The molecule has 1 aliphatic carbocycles. The second-order valence-corrected chi connectivity index (χ2v) is 6.27. The van der Waals surface area contributed by atoms with E-state index < -0.39 is 11.7 Å². The molecule has 0 saturated heterocycles. The van der Waals surface area contributed by atoms with E-state index in [2.05, 4.69) is 22.0 Å². The zero-order valence-electron chi connectivity index (χ0n) is 13.5. The van der Waals surface area contributed by atoms with Crippen molar-refractivity contribution in [1.82, 2.24) is 15.0 Å². The predicted octanol–water partition coefficient (Wildman–Crippen LogP) is 4.38. The van der Waals surface area contributed by atoms with Crippen molar-refractivity contribution in [3.63, 3.8) is 0 Å². The number of rotatable bonds is 7. The summed E-state index contributed by atoms with van der Waals surface area (Å²) in [7, 11) is 0. The Labute approximate surface area is 138 Å². The molecular weight excluding hydrogens is 319 g/mol. The highest BCUT2D eigenvalue weighted by atomic mass is 19.4. The summed E-state index contributed by atoms with van der Waals surface area (Å²) in [6.45, 7) is 4.60. The number of hydrogen-bond acceptors (Lipinski definition) is 4. The van der Waals surface area contributed by atoms with E-state index in [1.165, 1.54) is 18.9 Å². The Kier molecular flexibility index (Phi) is 4.89. The molecule has 7 heteroatoms. The maximum absolute atomic E-state index is 12.8. The Morgan fingerprint density at radius 2 is 2.08 bits per heavy atom. The normalized spacial score (nSPS) is 15.2. The molecule has 1 fully saturated rings. The summed E-state index contributed by atoms with van der Waals surface area (Å²) in [5.74, 6) is 1.39. The van der Waals surface area contributed by atoms with Crippen LogP contribution < -0.4 is 0 Å². The second kappa shape index (κ2) is 6.93. The lowest BCUT2D eigenvalue weighted by Gasteiger charge is -2.18. The molecule has 0 N–H and O–H groups in total. The summed E-state index contributed by atoms with van der Waals surface area (Å²) in [5, 5.41) is 3.84. The van der Waals surface area contributed by atoms with Gasteiger partial charge in [-0.25, -0.2) is 0 Å². The lowest BCUT2D eigenvalue weighted by atomic mass is 10.1. The third-order valence-electron chi connectivity index (χ3n) is 4.03. The Morgan fingerprint density at radius 1 is 1.29 bits per heavy atom. The van der Waals surface area contributed by atoms with Gasteiger partial charge in [0.15, 0.2) is 0 Å². The van der Waals surface area contributed by atoms with Crippen molar-refractivity contribution in [3.05, 3.63) is 35.7 Å². The number of hydrogen-bond donors (Lipinski definition) is 0. The molecule has 0 spiro atoms. The molecule has 0 unspecified atom stereocenters. The van der Waals surface area contributed by atoms with Gasteiger partial charge in [-0.3, -0.25) is 4.90 Å². The fourth-order valence-electron chi connectivity index (χ4n) is 2.68. The van der Waals surface area contributed by atoms with E-state index in [0.717, 1.165) is 37.6 Å². The van der Waals surface area contributed by atoms with Crippen molar-refractivity contribution in [2.75, 3.05) is 13.1 Å². The van der Waals surface area contributed by atoms with Gasteiger partial charge in [-0.2, -0.15) is 18.2 Å². The van der Waals surface area contributed by atoms with Crippen LogP contribution in [-0.4, -0.2) is 28.1 Å². The Hall–Kier alpha value is -1.89. The Bertz CT molecular complexity index is 680. The van der Waals surface area contributed by atoms with E-state index in [1.54, 1.807) is 6.07 Å². The van der Waals surface area contributed by atoms with Crippen molar-refractivity contribution in [1.29, 1.82) is 0 Å². The third kappa shape index (κ3) is 4.35. The van der Waals surface area contributed by atoms with Crippen molar-refractivity contribution in [3.8, 4) is 11.4 Å². The van der Waals surface area contributed by atoms with Crippen LogP contribution in [0.15, 0.2) is 28.8 Å². The maximum Gasteiger partial charge on any atom is 0.416 e. The van der Waals surface area contributed by atoms with Gasteiger partial charge in [0.1, 0.15) is 0 Å². The Balaban J connectivity index is 1.72. The fraction of sp³-hybridized carbons (Fsp3) is 0.529. The number of alkyl halides is 3. The van der Waals surface area contributed by atoms with Crippen molar-refractivity contribution in [2.45, 2.75) is 38.9 Å². The molecule has 130 valence electrons. The van der Waals surface area contributed by atoms with Crippen LogP contribution in [0.4, 0.5) is 13.2 Å². The first-order valence-electron chi connectivity index (χ1n) is 8.18. The average Bonchev–Trinajstić information content (AvgIpc) is 3.22. The van der Waals surface area contributed by atoms with Gasteiger partial charge in [0.25, 0.3) is 0 Å². The lowest BCUT2D eigenvalue weighted by Crippen LogP contribution is -2.26. The van der Waals surface area contributed by atoms with Gasteiger partial charge in [0.2, 0.25) is 11.7 Å². The molecule has 0 aliphatic heterocycles. The van der Waals surface area contributed by atoms with Crippen molar-refractivity contribution in [2.24, 2.45) is 5.92 Å². The Morgan fingerprint density at radius 3 is 2.75 bits per heavy atom. The van der Waals surface area contributed by atoms with Crippen LogP contribution in [0.25, 0.3) is 11.4 Å². The van der Waals surface area contributed by atoms with Crippen LogP contribution in [0, 0.1) is 5.92 Å². The highest BCUT2D eigenvalue weighted by molar-refractivity contribution is 5.55. The first kappa shape index (κ1) is 17.0. The van der Waals surface area contributed by atoms with Gasteiger partial charge in [-0.15, -0.1) is 0 Å². The van der Waals surface area contributed by atoms with Gasteiger partial charge in [0, 0.05) is 12.1 Å². The first-order valence-corrected chi connectivity index (χ1v) is 8.18. The van der Waals surface area contributed by atoms with Gasteiger partial charge in [-0.05, 0) is 43.9 Å². The number of benzene rings is 1. The standard InChI is InChI=1S/C17H20F3N3O/c1-2-8-23(10-12-6-7-12)11-15-21-16(22-24-15)13-4-3-5-14(9-13)17(18,19)20/h3-5,9,12H,2,6-8,10-11H2,1H3. The molecule has 2 aromatic rings. The average molecular weight is 339 g/mol. The monoisotopic (exact) mass is 339 g/mol. The minimum Gasteiger partial charge on any atom is -0.338 e. The van der Waals surface area contributed by atoms with Crippen LogP contribution in [0.5, 0.6) is 0 Å². The van der Waals surface area contributed by atoms with Gasteiger partial charge in [-0.1, -0.05) is 24.2 Å². The van der Waals surface area contributed by atoms with E-state index in [4.69, 9.17) is 4.52 Å². The molecule has 0 radical (unpaired) electrons. The highest BCUT2D eigenvalue weighted by Gasteiger charge is 2.31. The zero-order valence-corrected chi connectivity index (χ0v) is 13.5. The molecular formula is C17H20F3N3O. The van der Waals surface area contributed by atoms with E-state index >= 15 is 0 Å². The van der Waals surface area contributed by atoms with Crippen LogP contribution in [0.1, 0.15) is 37.6 Å².